The van der Waals surface area contributed by atoms with Crippen LogP contribution in [0.15, 0.2) is 285 Å². The molecule has 0 saturated carbocycles. The molecular formula is C92H76N8O4. The Hall–Kier alpha value is -12.8. The third kappa shape index (κ3) is 10.0. The number of hydrogen-bond acceptors (Lipinski definition) is 12. The highest BCUT2D eigenvalue weighted by atomic mass is 16.3. The van der Waals surface area contributed by atoms with E-state index in [-0.39, 0.29) is 6.67 Å². The average Bonchev–Trinajstić information content (AvgIpc) is 1.59. The summed E-state index contributed by atoms with van der Waals surface area (Å²) in [4.78, 5) is 15.9. The van der Waals surface area contributed by atoms with Crippen LogP contribution < -0.4 is 29.4 Å². The van der Waals surface area contributed by atoms with Gasteiger partial charge in [-0.3, -0.25) is 0 Å². The molecule has 4 aromatic heterocycles. The van der Waals surface area contributed by atoms with Crippen molar-refractivity contribution in [2.24, 2.45) is 0 Å². The minimum Gasteiger partial charge on any atom is -0.456 e. The Morgan fingerprint density at radius 1 is 0.260 bits per heavy atom. The smallest absolute Gasteiger partial charge is 0.140 e. The zero-order valence-corrected chi connectivity index (χ0v) is 58.4. The molecule has 0 fully saturated rings. The van der Waals surface area contributed by atoms with Gasteiger partial charge < -0.3 is 56.9 Å². The van der Waals surface area contributed by atoms with Gasteiger partial charge in [-0.05, 0) is 168 Å². The first-order valence-electron chi connectivity index (χ1n) is 38.2. The Bertz CT molecular complexity index is 6850. The molecule has 0 radical (unpaired) electrons. The SMILES string of the molecule is Cc1c(N2C=CN(C)C2)ccc2c1oc1ccc3ccccc3c12.Cc1c(N2CN(C)c3ccccc32)ccc2c1oc1ccc3ccccc3c12.[2H]C([2H])([2H])N1C=CN(c2ccc3c(oc4ccc5ccccc5c43)c2C)C1.[2H]C([2H])([2H])N1CN(c2ccc3c(oc4ccc5ccccc5c43)c2C)c2ccccc21. The Morgan fingerprint density at radius 2 is 0.567 bits per heavy atom. The van der Waals surface area contributed by atoms with Gasteiger partial charge in [-0.15, -0.1) is 0 Å². The third-order valence-corrected chi connectivity index (χ3v) is 21.5. The number of benzene rings is 14. The lowest BCUT2D eigenvalue weighted by atomic mass is 10.0. The van der Waals surface area contributed by atoms with Gasteiger partial charge in [-0.2, -0.15) is 0 Å². The van der Waals surface area contributed by atoms with E-state index in [9.17, 15) is 0 Å². The fourth-order valence-electron chi connectivity index (χ4n) is 16.4. The lowest BCUT2D eigenvalue weighted by Gasteiger charge is -2.21. The van der Waals surface area contributed by atoms with E-state index in [1.54, 1.807) is 12.4 Å². The van der Waals surface area contributed by atoms with Gasteiger partial charge in [0.05, 0.1) is 49.4 Å². The number of para-hydroxylation sites is 4. The van der Waals surface area contributed by atoms with Crippen molar-refractivity contribution in [2.45, 2.75) is 27.7 Å². The molecule has 12 nitrogen and oxygen atoms in total. The van der Waals surface area contributed by atoms with E-state index in [0.717, 1.165) is 113 Å². The van der Waals surface area contributed by atoms with Crippen molar-refractivity contribution in [2.75, 3.05) is 84.1 Å². The van der Waals surface area contributed by atoms with Gasteiger partial charge in [0.1, 0.15) is 44.7 Å². The number of rotatable bonds is 4. The molecule has 508 valence electrons. The van der Waals surface area contributed by atoms with Gasteiger partial charge in [0, 0.05) is 149 Å². The van der Waals surface area contributed by atoms with Crippen molar-refractivity contribution in [1.82, 2.24) is 9.80 Å². The van der Waals surface area contributed by atoms with Crippen LogP contribution in [-0.2, 0) is 0 Å². The predicted molar refractivity (Wildman–Crippen MR) is 436 cm³/mol. The molecule has 0 bridgehead atoms. The molecule has 0 amide bonds. The number of aryl methyl sites for hydroxylation is 4. The lowest BCUT2D eigenvalue weighted by Crippen LogP contribution is -2.24. The molecular weight excluding hydrogens is 1280 g/mol. The van der Waals surface area contributed by atoms with Crippen LogP contribution in [0.1, 0.15) is 30.5 Å². The maximum absolute atomic E-state index is 7.96. The molecule has 0 unspecified atom stereocenters. The van der Waals surface area contributed by atoms with Crippen LogP contribution >= 0.6 is 0 Å². The molecule has 0 atom stereocenters. The summed E-state index contributed by atoms with van der Waals surface area (Å²) in [7, 11) is 4.22. The van der Waals surface area contributed by atoms with Crippen LogP contribution in [0, 0.1) is 27.7 Å². The van der Waals surface area contributed by atoms with Crippen molar-refractivity contribution in [1.29, 1.82) is 0 Å². The summed E-state index contributed by atoms with van der Waals surface area (Å²) >= 11 is 0. The van der Waals surface area contributed by atoms with Gasteiger partial charge in [-0.1, -0.05) is 146 Å². The highest BCUT2D eigenvalue weighted by Gasteiger charge is 2.30. The first kappa shape index (κ1) is 55.9. The van der Waals surface area contributed by atoms with E-state index in [1.165, 1.54) is 108 Å². The fraction of sp³-hybridized carbons (Fsp3) is 0.130. The van der Waals surface area contributed by atoms with Gasteiger partial charge in [0.2, 0.25) is 0 Å². The molecule has 0 saturated heterocycles. The molecule has 12 heteroatoms. The van der Waals surface area contributed by atoms with Crippen LogP contribution in [0.3, 0.4) is 0 Å². The summed E-state index contributed by atoms with van der Waals surface area (Å²) in [6.45, 7) is 6.32. The minimum atomic E-state index is -2.21. The Labute approximate surface area is 610 Å². The largest absolute Gasteiger partial charge is 0.456 e. The summed E-state index contributed by atoms with van der Waals surface area (Å²) in [5.74, 6) is 0. The topological polar surface area (TPSA) is 78.5 Å². The first-order valence-corrected chi connectivity index (χ1v) is 35.2. The van der Waals surface area contributed by atoms with Crippen LogP contribution in [0.25, 0.3) is 131 Å². The normalized spacial score (nSPS) is 15.2. The van der Waals surface area contributed by atoms with E-state index in [1.807, 2.05) is 85.5 Å². The van der Waals surface area contributed by atoms with Crippen molar-refractivity contribution < 1.29 is 25.9 Å². The molecule has 4 aliphatic rings. The van der Waals surface area contributed by atoms with Crippen molar-refractivity contribution >= 4 is 176 Å². The maximum atomic E-state index is 7.96. The number of furan rings is 4. The van der Waals surface area contributed by atoms with Gasteiger partial charge >= 0.3 is 0 Å². The second-order valence-electron chi connectivity index (χ2n) is 27.7. The number of nitrogens with zero attached hydrogens (tertiary/aromatic N) is 8. The molecule has 104 heavy (non-hydrogen) atoms. The van der Waals surface area contributed by atoms with E-state index in [4.69, 9.17) is 25.9 Å². The molecule has 18 aromatic rings. The van der Waals surface area contributed by atoms with E-state index < -0.39 is 14.0 Å². The van der Waals surface area contributed by atoms with Crippen LogP contribution in [0.4, 0.5) is 45.5 Å². The highest BCUT2D eigenvalue weighted by molar-refractivity contribution is 6.23. The predicted octanol–water partition coefficient (Wildman–Crippen LogP) is 23.6. The average molecular weight is 1360 g/mol. The minimum absolute atomic E-state index is 0.269. The number of anilines is 8. The monoisotopic (exact) mass is 1360 g/mol. The molecule has 14 aromatic carbocycles. The Morgan fingerprint density at radius 3 is 0.913 bits per heavy atom. The second-order valence-corrected chi connectivity index (χ2v) is 27.7. The summed E-state index contributed by atoms with van der Waals surface area (Å²) in [6.07, 6.45) is 7.63. The van der Waals surface area contributed by atoms with E-state index in [2.05, 4.69) is 241 Å². The van der Waals surface area contributed by atoms with Crippen LogP contribution in [-0.4, -0.2) is 64.5 Å². The van der Waals surface area contributed by atoms with Gasteiger partial charge in [0.15, 0.2) is 0 Å². The standard InChI is InChI=1S/2C25H20N2O.2C21H18N2O/c2*1-16-20(27-15-26(2)21-9-5-6-10-22(21)27)13-12-19-24-18-8-4-3-7-17(18)11-14-23(24)28-25(16)19;2*1-14-18(23-12-11-22(2)13-23)9-8-17-20-16-6-4-3-5-15(16)7-10-19(20)24-21(14)17/h2*3-14H,15H2,1-2H3;2*3-12H,13H2,1-2H3/i2D3;;2D3;. The summed E-state index contributed by atoms with van der Waals surface area (Å²) in [5.41, 5.74) is 20.1. The summed E-state index contributed by atoms with van der Waals surface area (Å²) < 4.78 is 71.8. The van der Waals surface area contributed by atoms with E-state index >= 15 is 0 Å². The molecule has 0 aliphatic carbocycles. The molecule has 4 aliphatic heterocycles. The van der Waals surface area contributed by atoms with Crippen molar-refractivity contribution in [3.8, 4) is 0 Å². The highest BCUT2D eigenvalue weighted by Crippen LogP contribution is 2.48. The zero-order valence-electron chi connectivity index (χ0n) is 64.4. The quantitative estimate of drug-likeness (QED) is 0.168. The molecule has 0 N–H and O–H groups in total. The van der Waals surface area contributed by atoms with Crippen molar-refractivity contribution in [3.05, 3.63) is 290 Å². The number of hydrogen-bond donors (Lipinski definition) is 0. The van der Waals surface area contributed by atoms with Gasteiger partial charge in [-0.25, -0.2) is 0 Å². The molecule has 8 heterocycles. The molecule has 0 spiro atoms. The number of fused-ring (bicyclic) bond motifs is 22. The second kappa shape index (κ2) is 24.5. The lowest BCUT2D eigenvalue weighted by molar-refractivity contribution is 0.495. The van der Waals surface area contributed by atoms with Crippen LogP contribution in [0.5, 0.6) is 0 Å². The zero-order chi connectivity index (χ0) is 75.2. The fourth-order valence-corrected chi connectivity index (χ4v) is 16.4. The first-order chi connectivity index (χ1) is 53.3. The van der Waals surface area contributed by atoms with E-state index in [0.29, 0.717) is 6.67 Å². The molecule has 22 rings (SSSR count). The van der Waals surface area contributed by atoms with Crippen molar-refractivity contribution in [3.63, 3.8) is 0 Å². The maximum Gasteiger partial charge on any atom is 0.140 e. The Kier molecular flexibility index (Phi) is 13.2. The van der Waals surface area contributed by atoms with Crippen LogP contribution in [0.2, 0.25) is 0 Å². The van der Waals surface area contributed by atoms with Gasteiger partial charge in [0.25, 0.3) is 0 Å². The Balaban J connectivity index is 0.0000000997. The third-order valence-electron chi connectivity index (χ3n) is 21.5. The summed E-state index contributed by atoms with van der Waals surface area (Å²) in [5, 5.41) is 18.9. The summed E-state index contributed by atoms with van der Waals surface area (Å²) in [6, 6.07) is 83.7.